The van der Waals surface area contributed by atoms with E-state index in [9.17, 15) is 4.79 Å². The first-order valence-electron chi connectivity index (χ1n) is 9.06. The van der Waals surface area contributed by atoms with Gasteiger partial charge in [0.05, 0.1) is 5.56 Å². The largest absolute Gasteiger partial charge is 0.489 e. The molecule has 0 aliphatic carbocycles. The van der Waals surface area contributed by atoms with Crippen molar-refractivity contribution in [3.63, 3.8) is 0 Å². The predicted octanol–water partition coefficient (Wildman–Crippen LogP) is 5.47. The van der Waals surface area contributed by atoms with Gasteiger partial charge in [0.15, 0.2) is 0 Å². The number of carbonyl (C=O) groups excluding carboxylic acids is 1. The molecule has 0 unspecified atom stereocenters. The number of hydrogen-bond acceptors (Lipinski definition) is 3. The van der Waals surface area contributed by atoms with Gasteiger partial charge in [-0.2, -0.15) is 0 Å². The van der Waals surface area contributed by atoms with Crippen LogP contribution in [0.3, 0.4) is 0 Å². The molecule has 0 spiro atoms. The van der Waals surface area contributed by atoms with Crippen molar-refractivity contribution in [2.75, 3.05) is 11.9 Å². The molecule has 0 aliphatic rings. The van der Waals surface area contributed by atoms with E-state index in [1.807, 2.05) is 67.6 Å². The van der Waals surface area contributed by atoms with E-state index in [2.05, 4.69) is 11.9 Å². The molecule has 0 aromatic heterocycles. The molecule has 0 radical (unpaired) electrons. The summed E-state index contributed by atoms with van der Waals surface area (Å²) >= 11 is 0. The van der Waals surface area contributed by atoms with E-state index in [0.29, 0.717) is 36.0 Å². The van der Waals surface area contributed by atoms with Crippen molar-refractivity contribution >= 4 is 11.6 Å². The normalized spacial score (nSPS) is 10.2. The van der Waals surface area contributed by atoms with Crippen molar-refractivity contribution < 1.29 is 14.3 Å². The van der Waals surface area contributed by atoms with Gasteiger partial charge in [-0.15, -0.1) is 0 Å². The Hall–Kier alpha value is -3.53. The Kier molecular flexibility index (Phi) is 6.47. The first-order chi connectivity index (χ1) is 13.6. The second kappa shape index (κ2) is 9.42. The maximum Gasteiger partial charge on any atom is 0.259 e. The van der Waals surface area contributed by atoms with Crippen LogP contribution in [0.2, 0.25) is 0 Å². The lowest BCUT2D eigenvalue weighted by atomic mass is 10.1. The molecule has 1 amide bonds. The summed E-state index contributed by atoms with van der Waals surface area (Å²) in [4.78, 5) is 12.7. The number of anilines is 1. The summed E-state index contributed by atoms with van der Waals surface area (Å²) in [6.07, 6.45) is 0. The molecule has 0 saturated heterocycles. The highest BCUT2D eigenvalue weighted by Gasteiger charge is 2.13. The minimum Gasteiger partial charge on any atom is -0.489 e. The fourth-order valence-corrected chi connectivity index (χ4v) is 2.58. The summed E-state index contributed by atoms with van der Waals surface area (Å²) in [5.41, 5.74) is 3.10. The van der Waals surface area contributed by atoms with Crippen LogP contribution in [-0.4, -0.2) is 12.5 Å². The Bertz CT molecular complexity index is 951. The third-order valence-corrected chi connectivity index (χ3v) is 3.95. The highest BCUT2D eigenvalue weighted by atomic mass is 16.5. The Labute approximate surface area is 165 Å². The maximum absolute atomic E-state index is 12.7. The minimum atomic E-state index is -0.238. The van der Waals surface area contributed by atoms with Crippen LogP contribution in [0.5, 0.6) is 11.5 Å². The van der Waals surface area contributed by atoms with Crippen LogP contribution >= 0.6 is 0 Å². The van der Waals surface area contributed by atoms with E-state index in [1.165, 1.54) is 0 Å². The summed E-state index contributed by atoms with van der Waals surface area (Å²) < 4.78 is 11.5. The number of hydrogen-bond donors (Lipinski definition) is 1. The average molecular weight is 373 g/mol. The zero-order valence-electron chi connectivity index (χ0n) is 15.9. The van der Waals surface area contributed by atoms with E-state index in [4.69, 9.17) is 9.47 Å². The fraction of sp³-hybridized carbons (Fsp3) is 0.125. The molecule has 0 heterocycles. The second-order valence-corrected chi connectivity index (χ2v) is 6.50. The van der Waals surface area contributed by atoms with Crippen molar-refractivity contribution in [2.24, 2.45) is 0 Å². The van der Waals surface area contributed by atoms with Crippen LogP contribution in [0.25, 0.3) is 0 Å². The first kappa shape index (κ1) is 19.2. The number of para-hydroxylation sites is 1. The summed E-state index contributed by atoms with van der Waals surface area (Å²) in [5, 5.41) is 2.90. The van der Waals surface area contributed by atoms with Crippen LogP contribution in [-0.2, 0) is 6.61 Å². The molecule has 1 N–H and O–H groups in total. The number of ether oxygens (including phenoxy) is 2. The molecular formula is C24H23NO3. The van der Waals surface area contributed by atoms with Gasteiger partial charge in [-0.25, -0.2) is 0 Å². The Morgan fingerprint density at radius 3 is 2.46 bits per heavy atom. The Morgan fingerprint density at radius 1 is 0.929 bits per heavy atom. The van der Waals surface area contributed by atoms with Gasteiger partial charge in [0.25, 0.3) is 5.91 Å². The number of benzene rings is 3. The number of amides is 1. The monoisotopic (exact) mass is 373 g/mol. The van der Waals surface area contributed by atoms with E-state index < -0.39 is 0 Å². The second-order valence-electron chi connectivity index (χ2n) is 6.50. The van der Waals surface area contributed by atoms with Gasteiger partial charge >= 0.3 is 0 Å². The zero-order chi connectivity index (χ0) is 19.8. The zero-order valence-corrected chi connectivity index (χ0v) is 15.9. The summed E-state index contributed by atoms with van der Waals surface area (Å²) in [5.74, 6) is 0.977. The molecule has 0 saturated carbocycles. The number of rotatable bonds is 8. The van der Waals surface area contributed by atoms with E-state index >= 15 is 0 Å². The summed E-state index contributed by atoms with van der Waals surface area (Å²) in [7, 11) is 0. The van der Waals surface area contributed by atoms with Crippen LogP contribution in [0, 0.1) is 0 Å². The van der Waals surface area contributed by atoms with Crippen molar-refractivity contribution in [3.05, 3.63) is 102 Å². The molecule has 142 valence electrons. The van der Waals surface area contributed by atoms with Crippen LogP contribution in [0.15, 0.2) is 91.0 Å². The average Bonchev–Trinajstić information content (AvgIpc) is 2.72. The Balaban J connectivity index is 1.67. The topological polar surface area (TPSA) is 47.6 Å². The van der Waals surface area contributed by atoms with Gasteiger partial charge in [-0.3, -0.25) is 4.79 Å². The molecular weight excluding hydrogens is 350 g/mol. The fourth-order valence-electron chi connectivity index (χ4n) is 2.58. The van der Waals surface area contributed by atoms with Crippen LogP contribution in [0.4, 0.5) is 5.69 Å². The molecule has 0 aliphatic heterocycles. The minimum absolute atomic E-state index is 0.238. The Morgan fingerprint density at radius 2 is 1.68 bits per heavy atom. The van der Waals surface area contributed by atoms with Gasteiger partial charge in [-0.1, -0.05) is 55.1 Å². The van der Waals surface area contributed by atoms with Gasteiger partial charge in [-0.05, 0) is 42.3 Å². The molecule has 4 heteroatoms. The molecule has 28 heavy (non-hydrogen) atoms. The highest BCUT2D eigenvalue weighted by Crippen LogP contribution is 2.23. The summed E-state index contributed by atoms with van der Waals surface area (Å²) in [6.45, 7) is 6.54. The van der Waals surface area contributed by atoms with E-state index in [-0.39, 0.29) is 5.91 Å². The highest BCUT2D eigenvalue weighted by molar-refractivity contribution is 6.06. The van der Waals surface area contributed by atoms with Gasteiger partial charge in [0.2, 0.25) is 0 Å². The summed E-state index contributed by atoms with van der Waals surface area (Å²) in [6, 6.07) is 24.4. The smallest absolute Gasteiger partial charge is 0.259 e. The number of nitrogens with one attached hydrogen (secondary N) is 1. The van der Waals surface area contributed by atoms with Crippen LogP contribution in [0.1, 0.15) is 22.8 Å². The molecule has 3 aromatic rings. The van der Waals surface area contributed by atoms with E-state index in [0.717, 1.165) is 11.1 Å². The lowest BCUT2D eigenvalue weighted by Crippen LogP contribution is -2.14. The molecule has 3 rings (SSSR count). The number of carbonyl (C=O) groups is 1. The van der Waals surface area contributed by atoms with Crippen LogP contribution < -0.4 is 14.8 Å². The van der Waals surface area contributed by atoms with Gasteiger partial charge in [0, 0.05) is 11.8 Å². The van der Waals surface area contributed by atoms with E-state index in [1.54, 1.807) is 18.2 Å². The van der Waals surface area contributed by atoms with Gasteiger partial charge in [0.1, 0.15) is 24.7 Å². The quantitative estimate of drug-likeness (QED) is 0.532. The third-order valence-electron chi connectivity index (χ3n) is 3.95. The lowest BCUT2D eigenvalue weighted by Gasteiger charge is -2.12. The molecule has 0 bridgehead atoms. The van der Waals surface area contributed by atoms with Crippen molar-refractivity contribution in [1.82, 2.24) is 0 Å². The SMILES string of the molecule is C=C(C)COc1ccccc1C(=O)Nc1cccc(OCc2ccccc2)c1. The predicted molar refractivity (Wildman–Crippen MR) is 112 cm³/mol. The lowest BCUT2D eigenvalue weighted by molar-refractivity contribution is 0.102. The van der Waals surface area contributed by atoms with Crippen molar-refractivity contribution in [1.29, 1.82) is 0 Å². The first-order valence-corrected chi connectivity index (χ1v) is 9.06. The van der Waals surface area contributed by atoms with Crippen molar-refractivity contribution in [2.45, 2.75) is 13.5 Å². The third kappa shape index (κ3) is 5.48. The van der Waals surface area contributed by atoms with Gasteiger partial charge < -0.3 is 14.8 Å². The molecule has 0 fully saturated rings. The molecule has 4 nitrogen and oxygen atoms in total. The van der Waals surface area contributed by atoms with Crippen molar-refractivity contribution in [3.8, 4) is 11.5 Å². The standard InChI is InChI=1S/C24H23NO3/c1-18(2)16-28-23-14-7-6-13-22(23)24(26)25-20-11-8-12-21(15-20)27-17-19-9-4-3-5-10-19/h3-15H,1,16-17H2,2H3,(H,25,26). The maximum atomic E-state index is 12.7. The molecule has 0 atom stereocenters. The molecule has 3 aromatic carbocycles.